The molecule has 138 valence electrons. The molecule has 3 rings (SSSR count). The highest BCUT2D eigenvalue weighted by atomic mass is 32.1. The van der Waals surface area contributed by atoms with Gasteiger partial charge in [0.25, 0.3) is 0 Å². The summed E-state index contributed by atoms with van der Waals surface area (Å²) in [5, 5.41) is 21.5. The number of ketones is 1. The maximum Gasteiger partial charge on any atom is 0.339 e. The number of phenols is 1. The zero-order valence-corrected chi connectivity index (χ0v) is 14.2. The number of nitrogen functional groups attached to an aromatic ring is 1. The summed E-state index contributed by atoms with van der Waals surface area (Å²) in [6.07, 6.45) is 0. The van der Waals surface area contributed by atoms with Gasteiger partial charge in [0.2, 0.25) is 5.78 Å². The van der Waals surface area contributed by atoms with E-state index in [1.807, 2.05) is 0 Å². The van der Waals surface area contributed by atoms with Crippen LogP contribution in [-0.4, -0.2) is 26.9 Å². The van der Waals surface area contributed by atoms with Crippen LogP contribution in [0.25, 0.3) is 0 Å². The Hall–Kier alpha value is -3.53. The van der Waals surface area contributed by atoms with Crippen LogP contribution in [0.15, 0.2) is 36.4 Å². The fourth-order valence-corrected chi connectivity index (χ4v) is 3.14. The van der Waals surface area contributed by atoms with E-state index in [2.05, 4.69) is 10.3 Å². The number of nitrogens with one attached hydrogen (secondary N) is 1. The van der Waals surface area contributed by atoms with Gasteiger partial charge in [-0.1, -0.05) is 17.4 Å². The molecule has 0 saturated heterocycles. The Balaban J connectivity index is 1.90. The Bertz CT molecular complexity index is 1050. The van der Waals surface area contributed by atoms with Crippen molar-refractivity contribution in [3.05, 3.63) is 64.0 Å². The Morgan fingerprint density at radius 2 is 1.81 bits per heavy atom. The van der Waals surface area contributed by atoms with E-state index in [0.29, 0.717) is 0 Å². The molecule has 0 radical (unpaired) electrons. The van der Waals surface area contributed by atoms with Crippen LogP contribution in [0, 0.1) is 11.6 Å². The average molecular weight is 391 g/mol. The lowest BCUT2D eigenvalue weighted by Crippen LogP contribution is -2.07. The van der Waals surface area contributed by atoms with E-state index >= 15 is 0 Å². The monoisotopic (exact) mass is 391 g/mol. The quantitative estimate of drug-likeness (QED) is 0.491. The summed E-state index contributed by atoms with van der Waals surface area (Å²) in [6, 6.07) is 6.76. The summed E-state index contributed by atoms with van der Waals surface area (Å²) in [6.45, 7) is 0. The lowest BCUT2D eigenvalue weighted by atomic mass is 10.1. The lowest BCUT2D eigenvalue weighted by Gasteiger charge is -2.05. The van der Waals surface area contributed by atoms with E-state index in [-0.39, 0.29) is 27.1 Å². The van der Waals surface area contributed by atoms with E-state index in [0.717, 1.165) is 35.6 Å². The van der Waals surface area contributed by atoms with Gasteiger partial charge in [0.1, 0.15) is 33.6 Å². The zero-order chi connectivity index (χ0) is 19.7. The number of halogens is 2. The molecule has 5 N–H and O–H groups in total. The molecule has 0 spiro atoms. The van der Waals surface area contributed by atoms with Gasteiger partial charge in [0, 0.05) is 11.8 Å². The van der Waals surface area contributed by atoms with Crippen LogP contribution in [-0.2, 0) is 0 Å². The molecule has 0 saturated carbocycles. The Labute approximate surface area is 154 Å². The number of carbonyl (C=O) groups excluding carboxylic acids is 1. The number of carboxylic acid groups (broad SMARTS) is 1. The number of carboxylic acids is 1. The predicted octanol–water partition coefficient (Wildman–Crippen LogP) is 3.38. The molecule has 1 heterocycles. The van der Waals surface area contributed by atoms with E-state index in [4.69, 9.17) is 10.8 Å². The number of benzene rings is 2. The molecule has 0 aliphatic heterocycles. The molecular formula is C17H11F2N3O4S. The largest absolute Gasteiger partial charge is 0.507 e. The van der Waals surface area contributed by atoms with Gasteiger partial charge in [-0.2, -0.15) is 0 Å². The molecule has 0 aliphatic carbocycles. The summed E-state index contributed by atoms with van der Waals surface area (Å²) >= 11 is 0.763. The molecule has 0 aliphatic rings. The number of nitrogens with two attached hydrogens (primary N) is 1. The second kappa shape index (κ2) is 7.00. The summed E-state index contributed by atoms with van der Waals surface area (Å²) in [5.41, 5.74) is 4.95. The predicted molar refractivity (Wildman–Crippen MR) is 94.7 cm³/mol. The second-order valence-corrected chi connectivity index (χ2v) is 6.32. The number of rotatable bonds is 5. The lowest BCUT2D eigenvalue weighted by molar-refractivity contribution is 0.0693. The molecule has 0 amide bonds. The van der Waals surface area contributed by atoms with Crippen molar-refractivity contribution in [1.82, 2.24) is 4.98 Å². The first-order chi connectivity index (χ1) is 12.8. The number of aromatic carboxylic acids is 1. The molecule has 27 heavy (non-hydrogen) atoms. The fourth-order valence-electron chi connectivity index (χ4n) is 2.29. The van der Waals surface area contributed by atoms with E-state index in [1.54, 1.807) is 0 Å². The Morgan fingerprint density at radius 3 is 2.41 bits per heavy atom. The first kappa shape index (κ1) is 18.3. The third-order valence-corrected chi connectivity index (χ3v) is 4.51. The number of anilines is 3. The van der Waals surface area contributed by atoms with Crippen molar-refractivity contribution in [2.45, 2.75) is 0 Å². The van der Waals surface area contributed by atoms with Gasteiger partial charge in [-0.05, 0) is 24.3 Å². The van der Waals surface area contributed by atoms with Crippen molar-refractivity contribution in [2.75, 3.05) is 11.1 Å². The molecule has 0 fully saturated rings. The molecule has 0 atom stereocenters. The van der Waals surface area contributed by atoms with Crippen LogP contribution in [0.1, 0.15) is 25.6 Å². The van der Waals surface area contributed by atoms with Gasteiger partial charge in [-0.15, -0.1) is 0 Å². The maximum atomic E-state index is 13.8. The molecule has 1 aromatic heterocycles. The van der Waals surface area contributed by atoms with E-state index in [9.17, 15) is 23.5 Å². The number of aromatic nitrogens is 1. The SMILES string of the molecule is Nc1nc(Nc2ccc(C(=O)O)c(O)c2)sc1C(=O)c1c(F)cccc1F. The van der Waals surface area contributed by atoms with Crippen molar-refractivity contribution < 1.29 is 28.6 Å². The first-order valence-corrected chi connectivity index (χ1v) is 8.18. The molecular weight excluding hydrogens is 380 g/mol. The van der Waals surface area contributed by atoms with Crippen molar-refractivity contribution in [3.8, 4) is 5.75 Å². The van der Waals surface area contributed by atoms with E-state index in [1.165, 1.54) is 12.1 Å². The van der Waals surface area contributed by atoms with Crippen LogP contribution in [0.5, 0.6) is 5.75 Å². The van der Waals surface area contributed by atoms with Crippen molar-refractivity contribution in [2.24, 2.45) is 0 Å². The van der Waals surface area contributed by atoms with Crippen LogP contribution in [0.2, 0.25) is 0 Å². The van der Waals surface area contributed by atoms with Gasteiger partial charge >= 0.3 is 5.97 Å². The zero-order valence-electron chi connectivity index (χ0n) is 13.4. The Morgan fingerprint density at radius 1 is 1.15 bits per heavy atom. The number of nitrogens with zero attached hydrogens (tertiary/aromatic N) is 1. The molecule has 2 aromatic carbocycles. The van der Waals surface area contributed by atoms with Gasteiger partial charge in [0.05, 0.1) is 5.56 Å². The van der Waals surface area contributed by atoms with Crippen molar-refractivity contribution in [3.63, 3.8) is 0 Å². The summed E-state index contributed by atoms with van der Waals surface area (Å²) in [5.74, 6) is -4.97. The van der Waals surface area contributed by atoms with Gasteiger partial charge in [-0.25, -0.2) is 18.6 Å². The van der Waals surface area contributed by atoms with Gasteiger partial charge in [-0.3, -0.25) is 4.79 Å². The smallest absolute Gasteiger partial charge is 0.339 e. The maximum absolute atomic E-state index is 13.8. The Kier molecular flexibility index (Phi) is 4.74. The second-order valence-electron chi connectivity index (χ2n) is 5.32. The fraction of sp³-hybridized carbons (Fsp3) is 0. The van der Waals surface area contributed by atoms with Crippen LogP contribution < -0.4 is 11.1 Å². The number of hydrogen-bond donors (Lipinski definition) is 4. The molecule has 0 bridgehead atoms. The highest BCUT2D eigenvalue weighted by Crippen LogP contribution is 2.32. The van der Waals surface area contributed by atoms with Crippen LogP contribution >= 0.6 is 11.3 Å². The summed E-state index contributed by atoms with van der Waals surface area (Å²) < 4.78 is 27.6. The van der Waals surface area contributed by atoms with Crippen molar-refractivity contribution in [1.29, 1.82) is 0 Å². The minimum Gasteiger partial charge on any atom is -0.507 e. The van der Waals surface area contributed by atoms with Crippen LogP contribution in [0.4, 0.5) is 25.4 Å². The number of hydrogen-bond acceptors (Lipinski definition) is 7. The highest BCUT2D eigenvalue weighted by Gasteiger charge is 2.24. The number of aromatic hydroxyl groups is 1. The van der Waals surface area contributed by atoms with E-state index < -0.39 is 34.7 Å². The summed E-state index contributed by atoms with van der Waals surface area (Å²) in [7, 11) is 0. The van der Waals surface area contributed by atoms with Crippen LogP contribution in [0.3, 0.4) is 0 Å². The highest BCUT2D eigenvalue weighted by molar-refractivity contribution is 7.18. The molecule has 3 aromatic rings. The van der Waals surface area contributed by atoms with Gasteiger partial charge in [0.15, 0.2) is 5.13 Å². The topological polar surface area (TPSA) is 126 Å². The average Bonchev–Trinajstić information content (AvgIpc) is 2.94. The summed E-state index contributed by atoms with van der Waals surface area (Å²) in [4.78, 5) is 27.1. The van der Waals surface area contributed by atoms with Gasteiger partial charge < -0.3 is 21.3 Å². The number of carbonyl (C=O) groups is 2. The minimum atomic E-state index is -1.29. The third-order valence-electron chi connectivity index (χ3n) is 3.53. The molecule has 7 nitrogen and oxygen atoms in total. The minimum absolute atomic E-state index is 0.120. The standard InChI is InChI=1S/C17H11F2N3O4S/c18-9-2-1-3-10(19)12(9)13(24)14-15(20)22-17(27-14)21-7-4-5-8(16(25)26)11(23)6-7/h1-6,23H,20H2,(H,21,22)(H,25,26). The number of thiazole rings is 1. The van der Waals surface area contributed by atoms with Crippen molar-refractivity contribution >= 4 is 39.7 Å². The third kappa shape index (κ3) is 3.55. The normalized spacial score (nSPS) is 10.6. The molecule has 10 heteroatoms. The first-order valence-electron chi connectivity index (χ1n) is 7.36. The molecule has 0 unspecified atom stereocenters.